The number of esters is 2. The largest absolute Gasteiger partial charge is 0.396 e. The Balaban J connectivity index is 3.35. The van der Waals surface area contributed by atoms with Crippen molar-refractivity contribution >= 4 is 27.7 Å². The Morgan fingerprint density at radius 3 is 2.22 bits per heavy atom. The second-order valence-electron chi connectivity index (χ2n) is 7.23. The first-order valence-electron chi connectivity index (χ1n) is 9.94. The van der Waals surface area contributed by atoms with E-state index >= 15 is 0 Å². The number of hydrogen-bond donors (Lipinski definition) is 1. The predicted octanol–water partition coefficient (Wildman–Crippen LogP) is 2.82. The van der Waals surface area contributed by atoms with E-state index in [-0.39, 0.29) is 47.5 Å². The second-order valence-corrected chi connectivity index (χ2v) is 9.19. The fourth-order valence-corrected chi connectivity index (χ4v) is 3.70. The van der Waals surface area contributed by atoms with Gasteiger partial charge in [0.15, 0.2) is 9.84 Å². The van der Waals surface area contributed by atoms with Gasteiger partial charge in [0.2, 0.25) is 0 Å². The minimum atomic E-state index is -3.95. The molecule has 0 fully saturated rings. The Labute approximate surface area is 188 Å². The van der Waals surface area contributed by atoms with Crippen LogP contribution in [-0.2, 0) is 29.0 Å². The van der Waals surface area contributed by atoms with Gasteiger partial charge >= 0.3 is 11.9 Å². The van der Waals surface area contributed by atoms with Crippen LogP contribution in [0.4, 0.5) is 0 Å². The van der Waals surface area contributed by atoms with Gasteiger partial charge in [-0.2, -0.15) is 0 Å². The lowest BCUT2D eigenvalue weighted by Gasteiger charge is -2.20. The lowest BCUT2D eigenvalue weighted by molar-refractivity contribution is -0.154. The maximum atomic E-state index is 12.9. The molecule has 1 rings (SSSR count). The van der Waals surface area contributed by atoms with Gasteiger partial charge in [-0.05, 0) is 45.2 Å². The van der Waals surface area contributed by atoms with E-state index in [2.05, 4.69) is 13.2 Å². The van der Waals surface area contributed by atoms with E-state index in [4.69, 9.17) is 9.84 Å². The summed E-state index contributed by atoms with van der Waals surface area (Å²) < 4.78 is 30.5. The fourth-order valence-electron chi connectivity index (χ4n) is 2.45. The van der Waals surface area contributed by atoms with Crippen molar-refractivity contribution in [2.45, 2.75) is 44.9 Å². The van der Waals surface area contributed by atoms with Crippen LogP contribution < -0.4 is 0 Å². The van der Waals surface area contributed by atoms with Crippen molar-refractivity contribution in [1.29, 1.82) is 0 Å². The molecule has 8 nitrogen and oxygen atoms in total. The molecule has 1 N–H and O–H groups in total. The number of benzene rings is 1. The Kier molecular flexibility index (Phi) is 10.2. The zero-order valence-electron chi connectivity index (χ0n) is 18.6. The first-order valence-corrected chi connectivity index (χ1v) is 11.6. The first kappa shape index (κ1) is 27.0. The number of sulfone groups is 1. The highest BCUT2D eigenvalue weighted by Crippen LogP contribution is 2.18. The summed E-state index contributed by atoms with van der Waals surface area (Å²) in [6, 6.07) is 6.11. The molecule has 0 aliphatic carbocycles. The molecule has 32 heavy (non-hydrogen) atoms. The summed E-state index contributed by atoms with van der Waals surface area (Å²) in [7, 11) is -3.95. The highest BCUT2D eigenvalue weighted by Gasteiger charge is 2.25. The zero-order chi connectivity index (χ0) is 24.5. The summed E-state index contributed by atoms with van der Waals surface area (Å²) in [6.45, 7) is 11.7. The number of aliphatic hydroxyl groups excluding tert-OH is 1. The third-order valence-electron chi connectivity index (χ3n) is 4.39. The van der Waals surface area contributed by atoms with Gasteiger partial charge < -0.3 is 9.84 Å². The monoisotopic (exact) mass is 463 g/mol. The lowest BCUT2D eigenvalue weighted by atomic mass is 10.1. The smallest absolute Gasteiger partial charge is 0.343 e. The van der Waals surface area contributed by atoms with Gasteiger partial charge in [-0.15, -0.1) is 0 Å². The van der Waals surface area contributed by atoms with Gasteiger partial charge in [-0.1, -0.05) is 37.8 Å². The third-order valence-corrected chi connectivity index (χ3v) is 6.00. The highest BCUT2D eigenvalue weighted by molar-refractivity contribution is 7.91. The summed E-state index contributed by atoms with van der Waals surface area (Å²) in [5, 5.41) is 9.14. The van der Waals surface area contributed by atoms with Crippen LogP contribution in [-0.4, -0.2) is 48.8 Å². The number of carbonyl (C=O) groups excluding carboxylic acids is 3. The summed E-state index contributed by atoms with van der Waals surface area (Å²) in [5.41, 5.74) is 0.846. The maximum Gasteiger partial charge on any atom is 0.343 e. The topological polar surface area (TPSA) is 118 Å². The van der Waals surface area contributed by atoms with Crippen LogP contribution in [0, 0.1) is 6.92 Å². The van der Waals surface area contributed by atoms with E-state index in [1.54, 1.807) is 19.1 Å². The molecule has 1 aromatic carbocycles. The number of aryl methyl sites for hydroxylation is 1. The molecule has 9 heteroatoms. The first-order chi connectivity index (χ1) is 14.9. The molecule has 0 heterocycles. The van der Waals surface area contributed by atoms with Gasteiger partial charge in [0.25, 0.3) is 5.91 Å². The van der Waals surface area contributed by atoms with Crippen molar-refractivity contribution in [1.82, 2.24) is 4.90 Å². The van der Waals surface area contributed by atoms with E-state index in [1.165, 1.54) is 19.1 Å². The van der Waals surface area contributed by atoms with Crippen molar-refractivity contribution in [3.05, 3.63) is 65.9 Å². The van der Waals surface area contributed by atoms with Crippen molar-refractivity contribution in [3.8, 4) is 0 Å². The Morgan fingerprint density at radius 2 is 1.72 bits per heavy atom. The molecule has 0 saturated heterocycles. The molecule has 0 aliphatic heterocycles. The molecule has 1 amide bonds. The molecule has 0 aromatic heterocycles. The SMILES string of the molecule is C=C(C)C(=O)N(C=C(CCCO)C(=O)OC(=O)C(=C)CC)CS(=O)(=O)c1ccc(C)cc1. The van der Waals surface area contributed by atoms with Gasteiger partial charge in [-0.3, -0.25) is 9.69 Å². The molecule has 0 radical (unpaired) electrons. The number of aliphatic hydroxyl groups is 1. The fraction of sp³-hybridized carbons (Fsp3) is 0.348. The lowest BCUT2D eigenvalue weighted by Crippen LogP contribution is -2.33. The Hall–Kier alpha value is -3.04. The quantitative estimate of drug-likeness (QED) is 0.304. The van der Waals surface area contributed by atoms with E-state index in [1.807, 2.05) is 6.92 Å². The van der Waals surface area contributed by atoms with Gasteiger partial charge in [-0.25, -0.2) is 18.0 Å². The van der Waals surface area contributed by atoms with Crippen LogP contribution in [0.2, 0.25) is 0 Å². The predicted molar refractivity (Wildman–Crippen MR) is 120 cm³/mol. The molecular formula is C23H29NO7S. The standard InChI is InChI=1S/C23H29NO7S/c1-6-18(5)22(27)31-23(28)19(8-7-13-25)14-24(21(26)16(2)3)15-32(29,30)20-11-9-17(4)10-12-20/h9-12,14,25H,2,5-8,13,15H2,1,3-4H3. The van der Waals surface area contributed by atoms with Crippen LogP contribution in [0.15, 0.2) is 65.2 Å². The number of hydrogen-bond acceptors (Lipinski definition) is 7. The molecule has 0 saturated carbocycles. The molecule has 1 aromatic rings. The van der Waals surface area contributed by atoms with Crippen LogP contribution in [0.25, 0.3) is 0 Å². The molecule has 174 valence electrons. The minimum absolute atomic E-state index is 0.00456. The van der Waals surface area contributed by atoms with Crippen LogP contribution in [0.1, 0.15) is 38.7 Å². The zero-order valence-corrected chi connectivity index (χ0v) is 19.4. The molecular weight excluding hydrogens is 434 g/mol. The summed E-state index contributed by atoms with van der Waals surface area (Å²) in [5.74, 6) is -3.45. The Bertz CT molecular complexity index is 1020. The van der Waals surface area contributed by atoms with E-state index in [9.17, 15) is 22.8 Å². The average molecular weight is 464 g/mol. The summed E-state index contributed by atoms with van der Waals surface area (Å²) in [6.07, 6.45) is 1.38. The normalized spacial score (nSPS) is 11.6. The highest BCUT2D eigenvalue weighted by atomic mass is 32.2. The van der Waals surface area contributed by atoms with Crippen LogP contribution in [0.5, 0.6) is 0 Å². The van der Waals surface area contributed by atoms with Crippen molar-refractivity contribution in [3.63, 3.8) is 0 Å². The molecule has 0 unspecified atom stereocenters. The molecule has 0 atom stereocenters. The average Bonchev–Trinajstić information content (AvgIpc) is 2.74. The van der Waals surface area contributed by atoms with Crippen LogP contribution in [0.3, 0.4) is 0 Å². The number of amides is 1. The van der Waals surface area contributed by atoms with Crippen molar-refractivity contribution in [2.24, 2.45) is 0 Å². The summed E-state index contributed by atoms with van der Waals surface area (Å²) in [4.78, 5) is 38.0. The third kappa shape index (κ3) is 7.90. The molecule has 0 aliphatic rings. The minimum Gasteiger partial charge on any atom is -0.396 e. The van der Waals surface area contributed by atoms with E-state index in [0.717, 1.165) is 16.7 Å². The molecule has 0 bridgehead atoms. The van der Waals surface area contributed by atoms with E-state index < -0.39 is 33.6 Å². The van der Waals surface area contributed by atoms with E-state index in [0.29, 0.717) is 0 Å². The Morgan fingerprint density at radius 1 is 1.12 bits per heavy atom. The second kappa shape index (κ2) is 12.1. The number of carbonyl (C=O) groups is 3. The number of ether oxygens (including phenoxy) is 1. The molecule has 0 spiro atoms. The van der Waals surface area contributed by atoms with Crippen molar-refractivity contribution in [2.75, 3.05) is 12.5 Å². The van der Waals surface area contributed by atoms with Gasteiger partial charge in [0, 0.05) is 24.0 Å². The summed E-state index contributed by atoms with van der Waals surface area (Å²) >= 11 is 0. The van der Waals surface area contributed by atoms with Gasteiger partial charge in [0.05, 0.1) is 10.5 Å². The van der Waals surface area contributed by atoms with Gasteiger partial charge in [0.1, 0.15) is 5.88 Å². The number of nitrogens with zero attached hydrogens (tertiary/aromatic N) is 1. The van der Waals surface area contributed by atoms with Crippen molar-refractivity contribution < 1.29 is 32.6 Å². The maximum absolute atomic E-state index is 12.9. The number of rotatable bonds is 11. The van der Waals surface area contributed by atoms with Crippen LogP contribution >= 0.6 is 0 Å².